The zero-order valence-corrected chi connectivity index (χ0v) is 12.3. The van der Waals surface area contributed by atoms with Crippen LogP contribution in [0, 0.1) is 0 Å². The Morgan fingerprint density at radius 3 is 2.53 bits per heavy atom. The molecule has 0 saturated heterocycles. The number of carbonyl (C=O) groups excluding carboxylic acids is 1. The Morgan fingerprint density at radius 1 is 1.65 bits per heavy atom. The number of carboxylic acids is 1. The molecule has 0 aromatic carbocycles. The molecule has 0 bridgehead atoms. The van der Waals surface area contributed by atoms with Crippen molar-refractivity contribution in [2.24, 2.45) is 0 Å². The van der Waals surface area contributed by atoms with Gasteiger partial charge in [-0.2, -0.15) is 0 Å². The number of nitrogens with zero attached hydrogens (tertiary/aromatic N) is 1. The van der Waals surface area contributed by atoms with E-state index in [4.69, 9.17) is 11.6 Å². The molecule has 17 heavy (non-hydrogen) atoms. The van der Waals surface area contributed by atoms with Crippen LogP contribution in [-0.4, -0.2) is 28.4 Å². The normalized spacial score (nSPS) is 12.5. The summed E-state index contributed by atoms with van der Waals surface area (Å²) in [6.07, 6.45) is 0.547. The topological polar surface area (TPSA) is 57.6 Å². The van der Waals surface area contributed by atoms with Crippen LogP contribution in [0.25, 0.3) is 0 Å². The summed E-state index contributed by atoms with van der Waals surface area (Å²) in [7, 11) is 0. The molecule has 1 N–H and O–H groups in total. The third-order valence-corrected chi connectivity index (χ3v) is 4.71. The van der Waals surface area contributed by atoms with Crippen molar-refractivity contribution < 1.29 is 14.7 Å². The SMILES string of the molecule is CC(C)N(C=O)C(C(=O)O)c1cc(Br)c(Cl)s1. The van der Waals surface area contributed by atoms with Gasteiger partial charge in [-0.3, -0.25) is 4.79 Å². The molecule has 1 aromatic rings. The van der Waals surface area contributed by atoms with Crippen LogP contribution in [0.4, 0.5) is 0 Å². The van der Waals surface area contributed by atoms with Gasteiger partial charge in [0.2, 0.25) is 6.41 Å². The Hall–Kier alpha value is -0.590. The van der Waals surface area contributed by atoms with Gasteiger partial charge in [-0.15, -0.1) is 11.3 Å². The van der Waals surface area contributed by atoms with Crippen LogP contribution >= 0.6 is 38.9 Å². The maximum absolute atomic E-state index is 11.3. The fourth-order valence-electron chi connectivity index (χ4n) is 1.37. The number of thiophene rings is 1. The number of aliphatic carboxylic acids is 1. The molecule has 1 heterocycles. The van der Waals surface area contributed by atoms with E-state index in [9.17, 15) is 14.7 Å². The van der Waals surface area contributed by atoms with E-state index in [2.05, 4.69) is 15.9 Å². The molecule has 94 valence electrons. The highest BCUT2D eigenvalue weighted by molar-refractivity contribution is 9.10. The van der Waals surface area contributed by atoms with Crippen molar-refractivity contribution >= 4 is 51.2 Å². The lowest BCUT2D eigenvalue weighted by atomic mass is 10.2. The molecule has 1 unspecified atom stereocenters. The second kappa shape index (κ2) is 5.84. The van der Waals surface area contributed by atoms with Gasteiger partial charge in [0.05, 0.1) is 0 Å². The van der Waals surface area contributed by atoms with Crippen LogP contribution in [0.15, 0.2) is 10.5 Å². The van der Waals surface area contributed by atoms with Gasteiger partial charge >= 0.3 is 5.97 Å². The van der Waals surface area contributed by atoms with E-state index >= 15 is 0 Å². The fraction of sp³-hybridized carbons (Fsp3) is 0.400. The van der Waals surface area contributed by atoms with Crippen molar-refractivity contribution in [3.8, 4) is 0 Å². The van der Waals surface area contributed by atoms with E-state index in [-0.39, 0.29) is 6.04 Å². The third-order valence-electron chi connectivity index (χ3n) is 2.18. The predicted molar refractivity (Wildman–Crippen MR) is 70.4 cm³/mol. The van der Waals surface area contributed by atoms with Gasteiger partial charge in [0.25, 0.3) is 0 Å². The predicted octanol–water partition coefficient (Wildman–Crippen LogP) is 3.16. The van der Waals surface area contributed by atoms with Crippen LogP contribution < -0.4 is 0 Å². The average Bonchev–Trinajstić information content (AvgIpc) is 2.53. The van der Waals surface area contributed by atoms with E-state index in [1.54, 1.807) is 19.9 Å². The summed E-state index contributed by atoms with van der Waals surface area (Å²) < 4.78 is 1.11. The summed E-state index contributed by atoms with van der Waals surface area (Å²) in [5.74, 6) is -1.07. The first-order valence-electron chi connectivity index (χ1n) is 4.78. The molecule has 1 atom stereocenters. The molecule has 1 amide bonds. The van der Waals surface area contributed by atoms with E-state index in [0.717, 1.165) is 11.3 Å². The number of amides is 1. The Balaban J connectivity index is 3.17. The highest BCUT2D eigenvalue weighted by Gasteiger charge is 2.30. The lowest BCUT2D eigenvalue weighted by Gasteiger charge is -2.27. The molecule has 1 aromatic heterocycles. The highest BCUT2D eigenvalue weighted by atomic mass is 79.9. The van der Waals surface area contributed by atoms with Crippen molar-refractivity contribution in [3.05, 3.63) is 19.8 Å². The van der Waals surface area contributed by atoms with Gasteiger partial charge in [0.1, 0.15) is 4.34 Å². The monoisotopic (exact) mass is 339 g/mol. The van der Waals surface area contributed by atoms with Gasteiger partial charge in [-0.05, 0) is 35.8 Å². The van der Waals surface area contributed by atoms with Gasteiger partial charge in [-0.1, -0.05) is 11.6 Å². The van der Waals surface area contributed by atoms with Gasteiger partial charge in [0, 0.05) is 15.4 Å². The highest BCUT2D eigenvalue weighted by Crippen LogP contribution is 2.37. The summed E-state index contributed by atoms with van der Waals surface area (Å²) in [6.45, 7) is 3.52. The standard InChI is InChI=1S/C10H11BrClNO3S/c1-5(2)13(4-14)8(10(15)16)7-3-6(11)9(12)17-7/h3-5,8H,1-2H3,(H,15,16). The van der Waals surface area contributed by atoms with Crippen molar-refractivity contribution in [2.75, 3.05) is 0 Å². The van der Waals surface area contributed by atoms with Crippen LogP contribution in [-0.2, 0) is 9.59 Å². The molecule has 4 nitrogen and oxygen atoms in total. The molecular formula is C10H11BrClNO3S. The second-order valence-corrected chi connectivity index (χ2v) is 6.20. The molecule has 1 rings (SSSR count). The molecule has 0 aliphatic carbocycles. The molecule has 7 heteroatoms. The van der Waals surface area contributed by atoms with E-state index in [0.29, 0.717) is 20.1 Å². The Morgan fingerprint density at radius 2 is 2.24 bits per heavy atom. The summed E-state index contributed by atoms with van der Waals surface area (Å²) in [5.41, 5.74) is 0. The molecule has 0 spiro atoms. The summed E-state index contributed by atoms with van der Waals surface area (Å²) in [6, 6.07) is 0.430. The summed E-state index contributed by atoms with van der Waals surface area (Å²) >= 11 is 10.2. The van der Waals surface area contributed by atoms with Crippen LogP contribution in [0.3, 0.4) is 0 Å². The number of halogens is 2. The van der Waals surface area contributed by atoms with E-state index in [1.807, 2.05) is 0 Å². The fourth-order valence-corrected chi connectivity index (χ4v) is 3.21. The number of carbonyl (C=O) groups is 2. The third kappa shape index (κ3) is 3.20. The largest absolute Gasteiger partial charge is 0.479 e. The molecule has 0 aliphatic heterocycles. The molecule has 0 fully saturated rings. The van der Waals surface area contributed by atoms with Crippen molar-refractivity contribution in [2.45, 2.75) is 25.9 Å². The molecular weight excluding hydrogens is 330 g/mol. The smallest absolute Gasteiger partial charge is 0.331 e. The Bertz CT molecular complexity index is 416. The minimum absolute atomic E-state index is 0.201. The van der Waals surface area contributed by atoms with E-state index in [1.165, 1.54) is 4.90 Å². The number of hydrogen-bond donors (Lipinski definition) is 1. The molecule has 0 radical (unpaired) electrons. The maximum atomic E-state index is 11.3. The summed E-state index contributed by atoms with van der Waals surface area (Å²) in [5, 5.41) is 9.22. The van der Waals surface area contributed by atoms with Crippen molar-refractivity contribution in [1.82, 2.24) is 4.90 Å². The van der Waals surface area contributed by atoms with Crippen LogP contribution in [0.5, 0.6) is 0 Å². The quantitative estimate of drug-likeness (QED) is 0.838. The first kappa shape index (κ1) is 14.5. The van der Waals surface area contributed by atoms with Crippen molar-refractivity contribution in [3.63, 3.8) is 0 Å². The minimum Gasteiger partial charge on any atom is -0.479 e. The Kier molecular flexibility index (Phi) is 4.97. The first-order chi connectivity index (χ1) is 7.88. The lowest BCUT2D eigenvalue weighted by molar-refractivity contribution is -0.147. The molecule has 0 saturated carbocycles. The first-order valence-corrected chi connectivity index (χ1v) is 6.77. The van der Waals surface area contributed by atoms with Crippen LogP contribution in [0.1, 0.15) is 24.8 Å². The number of carboxylic acid groups (broad SMARTS) is 1. The summed E-state index contributed by atoms with van der Waals surface area (Å²) in [4.78, 5) is 24.0. The van der Waals surface area contributed by atoms with Crippen LogP contribution in [0.2, 0.25) is 4.34 Å². The van der Waals surface area contributed by atoms with Gasteiger partial charge < -0.3 is 10.0 Å². The number of hydrogen-bond acceptors (Lipinski definition) is 3. The second-order valence-electron chi connectivity index (χ2n) is 3.66. The maximum Gasteiger partial charge on any atom is 0.331 e. The minimum atomic E-state index is -1.07. The lowest BCUT2D eigenvalue weighted by Crippen LogP contribution is -2.37. The van der Waals surface area contributed by atoms with Gasteiger partial charge in [-0.25, -0.2) is 4.79 Å². The van der Waals surface area contributed by atoms with Crippen molar-refractivity contribution in [1.29, 1.82) is 0 Å². The molecule has 0 aliphatic rings. The average molecular weight is 341 g/mol. The van der Waals surface area contributed by atoms with Gasteiger partial charge in [0.15, 0.2) is 6.04 Å². The van der Waals surface area contributed by atoms with E-state index < -0.39 is 12.0 Å². The zero-order valence-electron chi connectivity index (χ0n) is 9.18. The zero-order chi connectivity index (χ0) is 13.2. The Labute approximate surface area is 116 Å². The number of rotatable bonds is 5.